The summed E-state index contributed by atoms with van der Waals surface area (Å²) in [4.78, 5) is 11.8. The van der Waals surface area contributed by atoms with Crippen LogP contribution in [-0.4, -0.2) is 39.1 Å². The summed E-state index contributed by atoms with van der Waals surface area (Å²) in [5.41, 5.74) is 2.93. The van der Waals surface area contributed by atoms with Crippen molar-refractivity contribution < 1.29 is 0 Å². The van der Waals surface area contributed by atoms with Crippen LogP contribution in [0.3, 0.4) is 0 Å². The van der Waals surface area contributed by atoms with Gasteiger partial charge in [0.25, 0.3) is 0 Å². The lowest BCUT2D eigenvalue weighted by Crippen LogP contribution is -2.25. The topological polar surface area (TPSA) is 34.0 Å². The van der Waals surface area contributed by atoms with Crippen LogP contribution >= 0.6 is 11.6 Å². The molecule has 20 heavy (non-hydrogen) atoms. The predicted octanol–water partition coefficient (Wildman–Crippen LogP) is 3.14. The van der Waals surface area contributed by atoms with Gasteiger partial charge in [-0.1, -0.05) is 0 Å². The van der Waals surface area contributed by atoms with Crippen molar-refractivity contribution in [1.29, 1.82) is 0 Å². The average Bonchev–Trinajstić information content (AvgIpc) is 3.03. The molecule has 0 amide bonds. The molecule has 0 aliphatic carbocycles. The Hall–Kier alpha value is -1.13. The number of aryl methyl sites for hydroxylation is 1. The number of nitrogens with zero attached hydrogens (tertiary/aromatic N) is 4. The van der Waals surface area contributed by atoms with E-state index in [0.717, 1.165) is 35.8 Å². The number of aromatic nitrogens is 3. The van der Waals surface area contributed by atoms with Crippen molar-refractivity contribution in [3.8, 4) is 0 Å². The quantitative estimate of drug-likeness (QED) is 0.812. The lowest BCUT2D eigenvalue weighted by Gasteiger charge is -2.16. The second-order valence-corrected chi connectivity index (χ2v) is 6.24. The highest BCUT2D eigenvalue weighted by atomic mass is 35.5. The van der Waals surface area contributed by atoms with Crippen LogP contribution in [0.2, 0.25) is 0 Å². The molecule has 0 spiro atoms. The third-order valence-electron chi connectivity index (χ3n) is 3.96. The second kappa shape index (κ2) is 5.70. The van der Waals surface area contributed by atoms with E-state index < -0.39 is 0 Å². The minimum Gasteiger partial charge on any atom is -0.310 e. The Labute approximate surface area is 124 Å². The van der Waals surface area contributed by atoms with Gasteiger partial charge < -0.3 is 9.47 Å². The molecule has 108 valence electrons. The second-order valence-electron chi connectivity index (χ2n) is 5.58. The number of alkyl halides is 1. The Morgan fingerprint density at radius 3 is 2.65 bits per heavy atom. The van der Waals surface area contributed by atoms with Crippen molar-refractivity contribution in [2.24, 2.45) is 0 Å². The van der Waals surface area contributed by atoms with Gasteiger partial charge in [-0.05, 0) is 51.9 Å². The summed E-state index contributed by atoms with van der Waals surface area (Å²) < 4.78 is 2.19. The highest BCUT2D eigenvalue weighted by Gasteiger charge is 2.18. The number of rotatable bonds is 4. The summed E-state index contributed by atoms with van der Waals surface area (Å²) in [6.07, 6.45) is 2.64. The maximum absolute atomic E-state index is 6.29. The zero-order valence-electron chi connectivity index (χ0n) is 12.1. The van der Waals surface area contributed by atoms with Crippen molar-refractivity contribution in [1.82, 2.24) is 19.4 Å². The minimum absolute atomic E-state index is 0.0944. The minimum atomic E-state index is -0.0944. The average molecular weight is 293 g/mol. The highest BCUT2D eigenvalue weighted by Crippen LogP contribution is 2.24. The van der Waals surface area contributed by atoms with Gasteiger partial charge in [-0.3, -0.25) is 0 Å². The molecule has 0 aromatic carbocycles. The summed E-state index contributed by atoms with van der Waals surface area (Å²) in [6.45, 7) is 8.38. The van der Waals surface area contributed by atoms with Crippen LogP contribution in [-0.2, 0) is 6.54 Å². The molecule has 1 aliphatic rings. The lowest BCUT2D eigenvalue weighted by atomic mass is 10.3. The molecule has 3 heterocycles. The standard InChI is InChI=1S/C15H21ClN4/c1-11-5-6-13-15(17-11)20(14(18-13)12(2)16)10-9-19-7-3-4-8-19/h5-6,12H,3-4,7-10H2,1-2H3. The van der Waals surface area contributed by atoms with E-state index >= 15 is 0 Å². The maximum atomic E-state index is 6.29. The zero-order valence-corrected chi connectivity index (χ0v) is 12.9. The molecule has 0 N–H and O–H groups in total. The Morgan fingerprint density at radius 1 is 1.20 bits per heavy atom. The SMILES string of the molecule is Cc1ccc2nc(C(C)Cl)n(CCN3CCCC3)c2n1. The third-order valence-corrected chi connectivity index (χ3v) is 4.15. The number of hydrogen-bond donors (Lipinski definition) is 0. The van der Waals surface area contributed by atoms with E-state index in [1.165, 1.54) is 25.9 Å². The Bertz CT molecular complexity index is 599. The molecule has 4 nitrogen and oxygen atoms in total. The summed E-state index contributed by atoms with van der Waals surface area (Å²) >= 11 is 6.29. The van der Waals surface area contributed by atoms with E-state index in [0.29, 0.717) is 0 Å². The Morgan fingerprint density at radius 2 is 1.95 bits per heavy atom. The number of pyridine rings is 1. The van der Waals surface area contributed by atoms with Crippen LogP contribution in [0, 0.1) is 6.92 Å². The fourth-order valence-corrected chi connectivity index (χ4v) is 3.05. The normalized spacial score (nSPS) is 17.9. The van der Waals surface area contributed by atoms with E-state index in [4.69, 9.17) is 11.6 Å². The molecule has 1 fully saturated rings. The summed E-state index contributed by atoms with van der Waals surface area (Å²) in [5, 5.41) is -0.0944. The molecular weight excluding hydrogens is 272 g/mol. The molecule has 1 unspecified atom stereocenters. The van der Waals surface area contributed by atoms with E-state index in [9.17, 15) is 0 Å². The largest absolute Gasteiger partial charge is 0.310 e. The molecule has 3 rings (SSSR count). The fraction of sp³-hybridized carbons (Fsp3) is 0.600. The molecular formula is C15H21ClN4. The van der Waals surface area contributed by atoms with Crippen molar-refractivity contribution in [2.45, 2.75) is 38.6 Å². The van der Waals surface area contributed by atoms with E-state index in [1.807, 2.05) is 26.0 Å². The molecule has 1 atom stereocenters. The van der Waals surface area contributed by atoms with Crippen molar-refractivity contribution in [2.75, 3.05) is 19.6 Å². The van der Waals surface area contributed by atoms with Crippen LogP contribution in [0.15, 0.2) is 12.1 Å². The molecule has 0 bridgehead atoms. The predicted molar refractivity (Wildman–Crippen MR) is 82.2 cm³/mol. The first kappa shape index (κ1) is 13.8. The zero-order chi connectivity index (χ0) is 14.1. The first-order valence-electron chi connectivity index (χ1n) is 7.35. The number of imidazole rings is 1. The first-order valence-corrected chi connectivity index (χ1v) is 7.79. The lowest BCUT2D eigenvalue weighted by molar-refractivity contribution is 0.322. The molecule has 1 saturated heterocycles. The monoisotopic (exact) mass is 292 g/mol. The van der Waals surface area contributed by atoms with Crippen molar-refractivity contribution in [3.05, 3.63) is 23.7 Å². The number of likely N-dealkylation sites (tertiary alicyclic amines) is 1. The molecule has 5 heteroatoms. The van der Waals surface area contributed by atoms with Gasteiger partial charge in [-0.2, -0.15) is 0 Å². The van der Waals surface area contributed by atoms with Crippen molar-refractivity contribution >= 4 is 22.8 Å². The van der Waals surface area contributed by atoms with Gasteiger partial charge in [0.05, 0.1) is 5.38 Å². The van der Waals surface area contributed by atoms with Gasteiger partial charge in [0.1, 0.15) is 11.3 Å². The van der Waals surface area contributed by atoms with Gasteiger partial charge in [-0.15, -0.1) is 11.6 Å². The molecule has 1 aliphatic heterocycles. The Kier molecular flexibility index (Phi) is 3.94. The summed E-state index contributed by atoms with van der Waals surface area (Å²) in [6, 6.07) is 4.04. The van der Waals surface area contributed by atoms with Crippen molar-refractivity contribution in [3.63, 3.8) is 0 Å². The van der Waals surface area contributed by atoms with E-state index in [-0.39, 0.29) is 5.38 Å². The molecule has 2 aromatic rings. The van der Waals surface area contributed by atoms with Gasteiger partial charge in [-0.25, -0.2) is 9.97 Å². The van der Waals surface area contributed by atoms with Gasteiger partial charge in [0.15, 0.2) is 5.65 Å². The number of halogens is 1. The fourth-order valence-electron chi connectivity index (χ4n) is 2.89. The number of hydrogen-bond acceptors (Lipinski definition) is 3. The van der Waals surface area contributed by atoms with Crippen LogP contribution in [0.25, 0.3) is 11.2 Å². The molecule has 2 aromatic heterocycles. The first-order chi connectivity index (χ1) is 9.65. The van der Waals surface area contributed by atoms with Gasteiger partial charge >= 0.3 is 0 Å². The third kappa shape index (κ3) is 2.67. The Balaban J connectivity index is 1.92. The van der Waals surface area contributed by atoms with E-state index in [2.05, 4.69) is 19.4 Å². The highest BCUT2D eigenvalue weighted by molar-refractivity contribution is 6.20. The number of fused-ring (bicyclic) bond motifs is 1. The van der Waals surface area contributed by atoms with Crippen LogP contribution in [0.4, 0.5) is 0 Å². The van der Waals surface area contributed by atoms with Crippen LogP contribution in [0.1, 0.15) is 36.7 Å². The molecule has 0 saturated carbocycles. The van der Waals surface area contributed by atoms with Crippen LogP contribution < -0.4 is 0 Å². The van der Waals surface area contributed by atoms with Crippen LogP contribution in [0.5, 0.6) is 0 Å². The van der Waals surface area contributed by atoms with Gasteiger partial charge in [0.2, 0.25) is 0 Å². The van der Waals surface area contributed by atoms with Gasteiger partial charge in [0, 0.05) is 18.8 Å². The summed E-state index contributed by atoms with van der Waals surface area (Å²) in [7, 11) is 0. The van der Waals surface area contributed by atoms with E-state index in [1.54, 1.807) is 0 Å². The molecule has 0 radical (unpaired) electrons. The maximum Gasteiger partial charge on any atom is 0.160 e. The summed E-state index contributed by atoms with van der Waals surface area (Å²) in [5.74, 6) is 0.930. The smallest absolute Gasteiger partial charge is 0.160 e.